The Balaban J connectivity index is 1.70. The van der Waals surface area contributed by atoms with E-state index in [0.29, 0.717) is 6.61 Å². The fourth-order valence-corrected chi connectivity index (χ4v) is 4.38. The molecule has 0 radical (unpaired) electrons. The van der Waals surface area contributed by atoms with Crippen molar-refractivity contribution >= 4 is 0 Å². The molecule has 0 saturated carbocycles. The van der Waals surface area contributed by atoms with E-state index in [-0.39, 0.29) is 6.61 Å². The lowest BCUT2D eigenvalue weighted by atomic mass is 9.98. The van der Waals surface area contributed by atoms with E-state index in [1.165, 1.54) is 44.9 Å². The first kappa shape index (κ1) is 30.8. The van der Waals surface area contributed by atoms with Gasteiger partial charge in [-0.2, -0.15) is 0 Å². The lowest BCUT2D eigenvalue weighted by Gasteiger charge is -2.42. The van der Waals surface area contributed by atoms with E-state index >= 15 is 0 Å². The van der Waals surface area contributed by atoms with E-state index in [2.05, 4.69) is 6.92 Å². The van der Waals surface area contributed by atoms with E-state index in [1.54, 1.807) is 0 Å². The standard InChI is InChI=1S/C24H46O11/c1-2-3-4-5-6-7-8-9-10-11-12-32-23-21(30)20(29)18(27)16(35-23)14-33-24-22(31)19(28)17(26)15(13-25)34-24/h15-31H,2-14H2,1H3/t15?,16?,17-,18-,19+,20+,21?,22?,23?,24?/m1/s1. The lowest BCUT2D eigenvalue weighted by Crippen LogP contribution is -2.61. The first-order valence-electron chi connectivity index (χ1n) is 13.0. The molecule has 2 aliphatic heterocycles. The maximum absolute atomic E-state index is 10.3. The molecule has 0 aromatic heterocycles. The molecule has 10 atom stereocenters. The van der Waals surface area contributed by atoms with Gasteiger partial charge in [0, 0.05) is 6.61 Å². The molecule has 2 saturated heterocycles. The molecule has 7 N–H and O–H groups in total. The molecule has 2 fully saturated rings. The first-order valence-corrected chi connectivity index (χ1v) is 13.0. The van der Waals surface area contributed by atoms with Crippen molar-refractivity contribution in [3.05, 3.63) is 0 Å². The highest BCUT2D eigenvalue weighted by atomic mass is 16.7. The number of hydrogen-bond donors (Lipinski definition) is 7. The summed E-state index contributed by atoms with van der Waals surface area (Å²) in [5.74, 6) is 0. The Morgan fingerprint density at radius 2 is 1.00 bits per heavy atom. The summed E-state index contributed by atoms with van der Waals surface area (Å²) >= 11 is 0. The molecule has 35 heavy (non-hydrogen) atoms. The fraction of sp³-hybridized carbons (Fsp3) is 1.00. The minimum Gasteiger partial charge on any atom is -0.394 e. The van der Waals surface area contributed by atoms with E-state index < -0.39 is 68.0 Å². The number of ether oxygens (including phenoxy) is 4. The van der Waals surface area contributed by atoms with Gasteiger partial charge in [0.2, 0.25) is 0 Å². The summed E-state index contributed by atoms with van der Waals surface area (Å²) in [6.45, 7) is 1.56. The van der Waals surface area contributed by atoms with Crippen LogP contribution in [0.1, 0.15) is 71.1 Å². The van der Waals surface area contributed by atoms with Crippen LogP contribution in [0.15, 0.2) is 0 Å². The molecule has 0 aromatic carbocycles. The zero-order valence-corrected chi connectivity index (χ0v) is 20.7. The zero-order valence-electron chi connectivity index (χ0n) is 20.7. The Kier molecular flexibility index (Phi) is 14.4. The molecule has 0 aliphatic carbocycles. The topological polar surface area (TPSA) is 179 Å². The third-order valence-electron chi connectivity index (χ3n) is 6.72. The minimum absolute atomic E-state index is 0.321. The Morgan fingerprint density at radius 1 is 0.543 bits per heavy atom. The molecule has 6 unspecified atom stereocenters. The van der Waals surface area contributed by atoms with Crippen molar-refractivity contribution in [3.63, 3.8) is 0 Å². The van der Waals surface area contributed by atoms with Crippen LogP contribution in [0, 0.1) is 0 Å². The number of unbranched alkanes of at least 4 members (excludes halogenated alkanes) is 9. The highest BCUT2D eigenvalue weighted by Crippen LogP contribution is 2.26. The molecule has 2 heterocycles. The van der Waals surface area contributed by atoms with Gasteiger partial charge in [-0.25, -0.2) is 0 Å². The molecule has 0 bridgehead atoms. The average Bonchev–Trinajstić information content (AvgIpc) is 2.86. The molecule has 11 nitrogen and oxygen atoms in total. The lowest BCUT2D eigenvalue weighted by molar-refractivity contribution is -0.331. The maximum atomic E-state index is 10.3. The highest BCUT2D eigenvalue weighted by Gasteiger charge is 2.47. The van der Waals surface area contributed by atoms with Gasteiger partial charge in [0.05, 0.1) is 13.2 Å². The molecule has 0 aromatic rings. The quantitative estimate of drug-likeness (QED) is 0.134. The Labute approximate surface area is 207 Å². The minimum atomic E-state index is -1.60. The Morgan fingerprint density at radius 3 is 1.54 bits per heavy atom. The molecule has 0 amide bonds. The van der Waals surface area contributed by atoms with Gasteiger partial charge >= 0.3 is 0 Å². The summed E-state index contributed by atoms with van der Waals surface area (Å²) in [5, 5.41) is 69.7. The molecule has 0 spiro atoms. The second-order valence-corrected chi connectivity index (χ2v) is 9.60. The van der Waals surface area contributed by atoms with Crippen LogP contribution in [0.25, 0.3) is 0 Å². The van der Waals surface area contributed by atoms with Gasteiger partial charge in [-0.1, -0.05) is 64.7 Å². The van der Waals surface area contributed by atoms with Crippen LogP contribution in [0.5, 0.6) is 0 Å². The van der Waals surface area contributed by atoms with Crippen LogP contribution in [-0.2, 0) is 18.9 Å². The van der Waals surface area contributed by atoms with E-state index in [0.717, 1.165) is 19.3 Å². The van der Waals surface area contributed by atoms with Crippen molar-refractivity contribution in [2.24, 2.45) is 0 Å². The largest absolute Gasteiger partial charge is 0.394 e. The summed E-state index contributed by atoms with van der Waals surface area (Å²) in [5.41, 5.74) is 0. The zero-order chi connectivity index (χ0) is 25.8. The van der Waals surface area contributed by atoms with Gasteiger partial charge in [-0.3, -0.25) is 0 Å². The normalized spacial score (nSPS) is 38.1. The predicted molar refractivity (Wildman–Crippen MR) is 124 cm³/mol. The second-order valence-electron chi connectivity index (χ2n) is 9.60. The summed E-state index contributed by atoms with van der Waals surface area (Å²) in [6.07, 6.45) is -2.35. The van der Waals surface area contributed by atoms with Crippen molar-refractivity contribution < 1.29 is 54.7 Å². The summed E-state index contributed by atoms with van der Waals surface area (Å²) in [7, 11) is 0. The van der Waals surface area contributed by atoms with Crippen molar-refractivity contribution in [1.29, 1.82) is 0 Å². The summed E-state index contributed by atoms with van der Waals surface area (Å²) in [6, 6.07) is 0. The van der Waals surface area contributed by atoms with Gasteiger partial charge in [-0.15, -0.1) is 0 Å². The smallest absolute Gasteiger partial charge is 0.186 e. The van der Waals surface area contributed by atoms with Gasteiger partial charge in [0.15, 0.2) is 12.6 Å². The third kappa shape index (κ3) is 9.42. The predicted octanol–water partition coefficient (Wildman–Crippen LogP) is -0.452. The van der Waals surface area contributed by atoms with Crippen LogP contribution < -0.4 is 0 Å². The van der Waals surface area contributed by atoms with Gasteiger partial charge < -0.3 is 54.7 Å². The molecule has 208 valence electrons. The van der Waals surface area contributed by atoms with Crippen molar-refractivity contribution in [2.45, 2.75) is 133 Å². The van der Waals surface area contributed by atoms with Crippen LogP contribution in [-0.4, -0.2) is 117 Å². The monoisotopic (exact) mass is 510 g/mol. The summed E-state index contributed by atoms with van der Waals surface area (Å²) < 4.78 is 21.9. The van der Waals surface area contributed by atoms with Crippen LogP contribution in [0.4, 0.5) is 0 Å². The van der Waals surface area contributed by atoms with Gasteiger partial charge in [0.1, 0.15) is 48.8 Å². The first-order chi connectivity index (χ1) is 16.8. The fourth-order valence-electron chi connectivity index (χ4n) is 4.38. The average molecular weight is 511 g/mol. The Bertz CT molecular complexity index is 552. The maximum Gasteiger partial charge on any atom is 0.186 e. The Hall–Kier alpha value is -0.440. The van der Waals surface area contributed by atoms with Gasteiger partial charge in [-0.05, 0) is 6.42 Å². The molecular formula is C24H46O11. The number of aliphatic hydroxyl groups is 7. The molecular weight excluding hydrogens is 464 g/mol. The van der Waals surface area contributed by atoms with Crippen LogP contribution in [0.2, 0.25) is 0 Å². The molecule has 11 heteroatoms. The summed E-state index contributed by atoms with van der Waals surface area (Å²) in [4.78, 5) is 0. The molecule has 2 aliphatic rings. The highest BCUT2D eigenvalue weighted by molar-refractivity contribution is 4.91. The van der Waals surface area contributed by atoms with E-state index in [4.69, 9.17) is 18.9 Å². The van der Waals surface area contributed by atoms with Gasteiger partial charge in [0.25, 0.3) is 0 Å². The SMILES string of the molecule is CCCCCCCCCCCCOC1OC(COC2OC(CO)[C@@H](O)[C@H](O)C2O)[C@@H](O)[C@H](O)C1O. The van der Waals surface area contributed by atoms with E-state index in [9.17, 15) is 35.7 Å². The number of rotatable bonds is 16. The molecule has 2 rings (SSSR count). The third-order valence-corrected chi connectivity index (χ3v) is 6.72. The van der Waals surface area contributed by atoms with E-state index in [1.807, 2.05) is 0 Å². The van der Waals surface area contributed by atoms with Crippen LogP contribution in [0.3, 0.4) is 0 Å². The number of hydrogen-bond acceptors (Lipinski definition) is 11. The van der Waals surface area contributed by atoms with Crippen molar-refractivity contribution in [3.8, 4) is 0 Å². The van der Waals surface area contributed by atoms with Crippen molar-refractivity contribution in [1.82, 2.24) is 0 Å². The van der Waals surface area contributed by atoms with Crippen molar-refractivity contribution in [2.75, 3.05) is 19.8 Å². The number of aliphatic hydroxyl groups excluding tert-OH is 7. The second kappa shape index (κ2) is 16.4. The van der Waals surface area contributed by atoms with Crippen LogP contribution >= 0.6 is 0 Å².